The molecule has 4 heterocycles. The smallest absolute Gasteiger partial charge is 0.170 e. The fourth-order valence-corrected chi connectivity index (χ4v) is 4.34. The van der Waals surface area contributed by atoms with E-state index in [9.17, 15) is 0 Å². The van der Waals surface area contributed by atoms with Gasteiger partial charge in [0.2, 0.25) is 0 Å². The Labute approximate surface area is 151 Å². The van der Waals surface area contributed by atoms with Crippen LogP contribution in [0.1, 0.15) is 38.5 Å². The van der Waals surface area contributed by atoms with Gasteiger partial charge in [0.15, 0.2) is 12.6 Å². The van der Waals surface area contributed by atoms with E-state index in [0.29, 0.717) is 26.4 Å². The molecule has 1 spiro atoms. The van der Waals surface area contributed by atoms with Crippen LogP contribution >= 0.6 is 0 Å². The number of likely N-dealkylation sites (tertiary alicyclic amines) is 2. The summed E-state index contributed by atoms with van der Waals surface area (Å²) in [5, 5.41) is 0. The second-order valence-corrected chi connectivity index (χ2v) is 8.33. The molecule has 4 aliphatic rings. The van der Waals surface area contributed by atoms with Crippen molar-refractivity contribution in [3.05, 3.63) is 0 Å². The minimum absolute atomic E-state index is 0.0881. The maximum atomic E-state index is 6.02. The molecular weight excluding hydrogens is 320 g/mol. The second kappa shape index (κ2) is 8.63. The van der Waals surface area contributed by atoms with Gasteiger partial charge in [0, 0.05) is 13.1 Å². The normalized spacial score (nSPS) is 38.9. The minimum atomic E-state index is -0.114. The zero-order valence-electron chi connectivity index (χ0n) is 15.5. The summed E-state index contributed by atoms with van der Waals surface area (Å²) in [7, 11) is 0. The van der Waals surface area contributed by atoms with Crippen molar-refractivity contribution in [2.24, 2.45) is 5.41 Å². The first-order valence-electron chi connectivity index (χ1n) is 10.2. The van der Waals surface area contributed by atoms with Gasteiger partial charge >= 0.3 is 0 Å². The first kappa shape index (κ1) is 18.1. The van der Waals surface area contributed by atoms with Crippen LogP contribution in [0, 0.1) is 5.41 Å². The van der Waals surface area contributed by atoms with Crippen LogP contribution in [0.4, 0.5) is 0 Å². The molecule has 25 heavy (non-hydrogen) atoms. The number of piperidine rings is 2. The third-order valence-corrected chi connectivity index (χ3v) is 6.01. The average Bonchev–Trinajstić information content (AvgIpc) is 2.68. The maximum Gasteiger partial charge on any atom is 0.170 e. The highest BCUT2D eigenvalue weighted by Crippen LogP contribution is 2.31. The van der Waals surface area contributed by atoms with Gasteiger partial charge in [0.05, 0.1) is 31.8 Å². The van der Waals surface area contributed by atoms with Crippen molar-refractivity contribution >= 4 is 0 Å². The van der Waals surface area contributed by atoms with E-state index in [-0.39, 0.29) is 18.0 Å². The van der Waals surface area contributed by atoms with Crippen LogP contribution in [0.5, 0.6) is 0 Å². The topological polar surface area (TPSA) is 43.4 Å². The summed E-state index contributed by atoms with van der Waals surface area (Å²) < 4.78 is 24.1. The molecule has 0 aromatic rings. The van der Waals surface area contributed by atoms with Crippen molar-refractivity contribution in [2.75, 3.05) is 65.7 Å². The van der Waals surface area contributed by atoms with E-state index in [0.717, 1.165) is 13.1 Å². The lowest BCUT2D eigenvalue weighted by molar-refractivity contribution is -0.305. The Bertz CT molecular complexity index is 353. The lowest BCUT2D eigenvalue weighted by Gasteiger charge is -2.45. The van der Waals surface area contributed by atoms with E-state index in [4.69, 9.17) is 18.9 Å². The molecule has 4 saturated heterocycles. The molecule has 0 unspecified atom stereocenters. The molecule has 6 nitrogen and oxygen atoms in total. The van der Waals surface area contributed by atoms with Crippen molar-refractivity contribution in [1.29, 1.82) is 0 Å². The Morgan fingerprint density at radius 3 is 1.28 bits per heavy atom. The molecule has 4 rings (SSSR count). The van der Waals surface area contributed by atoms with Gasteiger partial charge in [-0.3, -0.25) is 9.80 Å². The lowest BCUT2D eigenvalue weighted by Crippen LogP contribution is -2.55. The highest BCUT2D eigenvalue weighted by Gasteiger charge is 2.42. The molecule has 144 valence electrons. The van der Waals surface area contributed by atoms with Gasteiger partial charge in [0.25, 0.3) is 0 Å². The average molecular weight is 354 g/mol. The Balaban J connectivity index is 1.17. The summed E-state index contributed by atoms with van der Waals surface area (Å²) in [6, 6.07) is 0. The molecule has 0 aromatic carbocycles. The first-order valence-corrected chi connectivity index (χ1v) is 10.2. The van der Waals surface area contributed by atoms with Crippen LogP contribution in [0.2, 0.25) is 0 Å². The van der Waals surface area contributed by atoms with E-state index in [2.05, 4.69) is 9.80 Å². The molecule has 6 heteroatoms. The molecule has 0 radical (unpaired) electrons. The summed E-state index contributed by atoms with van der Waals surface area (Å²) in [6.45, 7) is 9.24. The summed E-state index contributed by atoms with van der Waals surface area (Å²) >= 11 is 0. The van der Waals surface area contributed by atoms with Crippen molar-refractivity contribution in [3.8, 4) is 0 Å². The third kappa shape index (κ3) is 4.93. The Morgan fingerprint density at radius 2 is 0.920 bits per heavy atom. The van der Waals surface area contributed by atoms with E-state index in [1.54, 1.807) is 0 Å². The molecule has 0 aliphatic carbocycles. The molecule has 0 N–H and O–H groups in total. The second-order valence-electron chi connectivity index (χ2n) is 8.33. The fourth-order valence-electron chi connectivity index (χ4n) is 4.34. The SMILES string of the molecule is C1CCN(CC2OCC3(CO2)COC(CN2CCCCC2)OC3)CC1. The van der Waals surface area contributed by atoms with Gasteiger partial charge in [0.1, 0.15) is 0 Å². The molecular formula is C19H34N2O4. The molecule has 0 amide bonds. The van der Waals surface area contributed by atoms with Gasteiger partial charge < -0.3 is 18.9 Å². The van der Waals surface area contributed by atoms with Crippen molar-refractivity contribution < 1.29 is 18.9 Å². The summed E-state index contributed by atoms with van der Waals surface area (Å²) in [5.41, 5.74) is -0.114. The predicted octanol–water partition coefficient (Wildman–Crippen LogP) is 1.69. The maximum absolute atomic E-state index is 6.02. The van der Waals surface area contributed by atoms with Crippen LogP contribution < -0.4 is 0 Å². The third-order valence-electron chi connectivity index (χ3n) is 6.01. The van der Waals surface area contributed by atoms with E-state index in [1.807, 2.05) is 0 Å². The van der Waals surface area contributed by atoms with Gasteiger partial charge in [-0.15, -0.1) is 0 Å². The highest BCUT2D eigenvalue weighted by atomic mass is 16.7. The Hall–Kier alpha value is -0.240. The van der Waals surface area contributed by atoms with Crippen molar-refractivity contribution in [3.63, 3.8) is 0 Å². The van der Waals surface area contributed by atoms with E-state index < -0.39 is 0 Å². The zero-order chi connectivity index (χ0) is 17.0. The number of rotatable bonds is 4. The van der Waals surface area contributed by atoms with Crippen molar-refractivity contribution in [2.45, 2.75) is 51.1 Å². The minimum Gasteiger partial charge on any atom is -0.350 e. The first-order chi connectivity index (χ1) is 12.3. The number of hydrogen-bond acceptors (Lipinski definition) is 6. The largest absolute Gasteiger partial charge is 0.350 e. The molecule has 0 saturated carbocycles. The van der Waals surface area contributed by atoms with Crippen LogP contribution in [0.25, 0.3) is 0 Å². The lowest BCUT2D eigenvalue weighted by atomic mass is 9.91. The summed E-state index contributed by atoms with van der Waals surface area (Å²) in [4.78, 5) is 4.93. The molecule has 0 atom stereocenters. The van der Waals surface area contributed by atoms with Gasteiger partial charge in [-0.25, -0.2) is 0 Å². The fraction of sp³-hybridized carbons (Fsp3) is 1.00. The monoisotopic (exact) mass is 354 g/mol. The van der Waals surface area contributed by atoms with E-state index in [1.165, 1.54) is 64.7 Å². The van der Waals surface area contributed by atoms with Gasteiger partial charge in [-0.1, -0.05) is 12.8 Å². The highest BCUT2D eigenvalue weighted by molar-refractivity contribution is 4.85. The summed E-state index contributed by atoms with van der Waals surface area (Å²) in [6.07, 6.45) is 7.75. The number of hydrogen-bond donors (Lipinski definition) is 0. The van der Waals surface area contributed by atoms with Crippen LogP contribution in [-0.4, -0.2) is 88.1 Å². The van der Waals surface area contributed by atoms with Crippen LogP contribution in [0.3, 0.4) is 0 Å². The van der Waals surface area contributed by atoms with E-state index >= 15 is 0 Å². The number of ether oxygens (including phenoxy) is 4. The zero-order valence-corrected chi connectivity index (χ0v) is 15.5. The van der Waals surface area contributed by atoms with Crippen LogP contribution in [-0.2, 0) is 18.9 Å². The summed E-state index contributed by atoms with van der Waals surface area (Å²) in [5.74, 6) is 0. The predicted molar refractivity (Wildman–Crippen MR) is 94.4 cm³/mol. The number of nitrogens with zero attached hydrogens (tertiary/aromatic N) is 2. The molecule has 4 fully saturated rings. The van der Waals surface area contributed by atoms with Gasteiger partial charge in [-0.2, -0.15) is 0 Å². The molecule has 0 aromatic heterocycles. The standard InChI is InChI=1S/C19H34N2O4/c1-3-7-20(8-4-1)11-17-22-13-19(14-23-17)15-24-18(25-16-19)12-21-9-5-2-6-10-21/h17-18H,1-16H2. The molecule has 0 bridgehead atoms. The van der Waals surface area contributed by atoms with Crippen LogP contribution in [0.15, 0.2) is 0 Å². The van der Waals surface area contributed by atoms with Gasteiger partial charge in [-0.05, 0) is 51.9 Å². The quantitative estimate of drug-likeness (QED) is 0.765. The molecule has 4 aliphatic heterocycles. The Kier molecular flexibility index (Phi) is 6.26. The Morgan fingerprint density at radius 1 is 0.560 bits per heavy atom. The van der Waals surface area contributed by atoms with Crippen molar-refractivity contribution in [1.82, 2.24) is 9.80 Å².